The minimum Gasteiger partial charge on any atom is -0.251 e. The largest absolute Gasteiger partial charge is 0.251 e. The molecule has 0 rings (SSSR count). The Balaban J connectivity index is 3.16. The van der Waals surface area contributed by atoms with Gasteiger partial charge in [0.05, 0.1) is 12.4 Å². The molecular formula is C6H14FNO2S. The molecule has 0 bridgehead atoms. The van der Waals surface area contributed by atoms with E-state index in [4.69, 9.17) is 5.14 Å². The first-order chi connectivity index (χ1) is 5.06. The summed E-state index contributed by atoms with van der Waals surface area (Å²) in [5.74, 6) is 0.0132. The van der Waals surface area contributed by atoms with Gasteiger partial charge in [-0.05, 0) is 12.8 Å². The fourth-order valence-electron chi connectivity index (χ4n) is 0.751. The van der Waals surface area contributed by atoms with Crippen molar-refractivity contribution in [2.45, 2.75) is 25.7 Å². The fraction of sp³-hybridized carbons (Fsp3) is 1.00. The molecule has 0 aliphatic heterocycles. The highest BCUT2D eigenvalue weighted by atomic mass is 32.2. The van der Waals surface area contributed by atoms with Gasteiger partial charge in [0.2, 0.25) is 10.0 Å². The maximum absolute atomic E-state index is 11.5. The monoisotopic (exact) mass is 183 g/mol. The molecular weight excluding hydrogens is 169 g/mol. The molecule has 68 valence electrons. The van der Waals surface area contributed by atoms with Gasteiger partial charge in [0, 0.05) is 0 Å². The van der Waals surface area contributed by atoms with Gasteiger partial charge in [-0.2, -0.15) is 0 Å². The highest BCUT2D eigenvalue weighted by Gasteiger charge is 2.00. The Morgan fingerprint density at radius 2 is 1.64 bits per heavy atom. The zero-order chi connectivity index (χ0) is 8.74. The molecule has 0 unspecified atom stereocenters. The number of nitrogens with two attached hydrogens (primary N) is 1. The van der Waals surface area contributed by atoms with Gasteiger partial charge in [0.15, 0.2) is 0 Å². The third-order valence-corrected chi connectivity index (χ3v) is 2.17. The van der Waals surface area contributed by atoms with E-state index in [2.05, 4.69) is 0 Å². The first-order valence-corrected chi connectivity index (χ1v) is 5.34. The maximum atomic E-state index is 11.5. The lowest BCUT2D eigenvalue weighted by Crippen LogP contribution is -2.16. The van der Waals surface area contributed by atoms with Crippen LogP contribution in [0.5, 0.6) is 0 Å². The molecule has 0 saturated heterocycles. The molecule has 0 aromatic carbocycles. The fourth-order valence-corrected chi connectivity index (χ4v) is 1.36. The van der Waals surface area contributed by atoms with Crippen LogP contribution < -0.4 is 5.14 Å². The average Bonchev–Trinajstić information content (AvgIpc) is 1.85. The summed E-state index contributed by atoms with van der Waals surface area (Å²) in [6, 6.07) is 0. The molecule has 0 fully saturated rings. The Hall–Kier alpha value is -0.160. The maximum Gasteiger partial charge on any atom is 0.209 e. The van der Waals surface area contributed by atoms with Crippen LogP contribution in [-0.4, -0.2) is 20.8 Å². The molecule has 2 N–H and O–H groups in total. The second-order valence-corrected chi connectivity index (χ2v) is 4.20. The van der Waals surface area contributed by atoms with E-state index >= 15 is 0 Å². The Morgan fingerprint density at radius 3 is 2.09 bits per heavy atom. The Labute approximate surface area is 66.8 Å². The van der Waals surface area contributed by atoms with Crippen LogP contribution in [0.4, 0.5) is 4.39 Å². The molecule has 0 aliphatic rings. The average molecular weight is 183 g/mol. The van der Waals surface area contributed by atoms with Gasteiger partial charge in [-0.15, -0.1) is 0 Å². The lowest BCUT2D eigenvalue weighted by Gasteiger charge is -1.96. The van der Waals surface area contributed by atoms with Crippen molar-refractivity contribution >= 4 is 10.0 Å². The summed E-state index contributed by atoms with van der Waals surface area (Å²) in [5, 5.41) is 4.75. The Kier molecular flexibility index (Phi) is 5.41. The van der Waals surface area contributed by atoms with Gasteiger partial charge in [-0.25, -0.2) is 13.6 Å². The van der Waals surface area contributed by atoms with Crippen LogP contribution in [0.25, 0.3) is 0 Å². The second-order valence-electron chi connectivity index (χ2n) is 2.47. The predicted molar refractivity (Wildman–Crippen MR) is 42.4 cm³/mol. The Morgan fingerprint density at radius 1 is 1.09 bits per heavy atom. The summed E-state index contributed by atoms with van der Waals surface area (Å²) >= 11 is 0. The molecule has 0 aromatic heterocycles. The smallest absolute Gasteiger partial charge is 0.209 e. The minimum atomic E-state index is -3.31. The summed E-state index contributed by atoms with van der Waals surface area (Å²) in [5.41, 5.74) is 0. The van der Waals surface area contributed by atoms with Crippen LogP contribution in [0.3, 0.4) is 0 Å². The number of primary sulfonamides is 1. The van der Waals surface area contributed by atoms with Crippen molar-refractivity contribution in [3.63, 3.8) is 0 Å². The van der Waals surface area contributed by atoms with E-state index in [0.29, 0.717) is 12.8 Å². The van der Waals surface area contributed by atoms with Gasteiger partial charge in [-0.1, -0.05) is 12.8 Å². The lowest BCUT2D eigenvalue weighted by molar-refractivity contribution is 0.455. The lowest BCUT2D eigenvalue weighted by atomic mass is 10.2. The van der Waals surface area contributed by atoms with Crippen molar-refractivity contribution in [1.82, 2.24) is 0 Å². The number of hydrogen-bond donors (Lipinski definition) is 1. The molecule has 0 saturated carbocycles. The topological polar surface area (TPSA) is 60.2 Å². The molecule has 0 aliphatic carbocycles. The number of sulfonamides is 1. The molecule has 0 spiro atoms. The van der Waals surface area contributed by atoms with E-state index in [1.807, 2.05) is 0 Å². The van der Waals surface area contributed by atoms with Crippen LogP contribution in [0, 0.1) is 0 Å². The van der Waals surface area contributed by atoms with Crippen molar-refractivity contribution in [3.8, 4) is 0 Å². The number of halogens is 1. The van der Waals surface area contributed by atoms with Crippen molar-refractivity contribution in [1.29, 1.82) is 0 Å². The first-order valence-electron chi connectivity index (χ1n) is 3.62. The highest BCUT2D eigenvalue weighted by Crippen LogP contribution is 2.00. The zero-order valence-electron chi connectivity index (χ0n) is 6.42. The Bertz CT molecular complexity index is 179. The van der Waals surface area contributed by atoms with E-state index in [1.54, 1.807) is 0 Å². The number of unbranched alkanes of at least 4 members (excludes halogenated alkanes) is 3. The summed E-state index contributed by atoms with van der Waals surface area (Å²) < 4.78 is 32.2. The van der Waals surface area contributed by atoms with Crippen LogP contribution in [0.15, 0.2) is 0 Å². The molecule has 3 nitrogen and oxygen atoms in total. The van der Waals surface area contributed by atoms with Gasteiger partial charge >= 0.3 is 0 Å². The van der Waals surface area contributed by atoms with Crippen molar-refractivity contribution in [2.24, 2.45) is 5.14 Å². The summed E-state index contributed by atoms with van der Waals surface area (Å²) in [7, 11) is -3.31. The van der Waals surface area contributed by atoms with Gasteiger partial charge < -0.3 is 0 Å². The highest BCUT2D eigenvalue weighted by molar-refractivity contribution is 7.89. The van der Waals surface area contributed by atoms with Gasteiger partial charge in [0.1, 0.15) is 0 Å². The summed E-state index contributed by atoms with van der Waals surface area (Å²) in [6.45, 7) is -0.324. The molecule has 0 heterocycles. The van der Waals surface area contributed by atoms with E-state index < -0.39 is 10.0 Å². The summed E-state index contributed by atoms with van der Waals surface area (Å²) in [6.07, 6.45) is 2.54. The predicted octanol–water partition coefficient (Wildman–Crippen LogP) is 0.805. The quantitative estimate of drug-likeness (QED) is 0.619. The number of alkyl halides is 1. The molecule has 0 amide bonds. The van der Waals surface area contributed by atoms with E-state index in [0.717, 1.165) is 12.8 Å². The molecule has 11 heavy (non-hydrogen) atoms. The zero-order valence-corrected chi connectivity index (χ0v) is 7.24. The second kappa shape index (κ2) is 5.49. The van der Waals surface area contributed by atoms with Crippen LogP contribution in [0.1, 0.15) is 25.7 Å². The van der Waals surface area contributed by atoms with Crippen LogP contribution in [0.2, 0.25) is 0 Å². The number of rotatable bonds is 6. The van der Waals surface area contributed by atoms with Crippen molar-refractivity contribution < 1.29 is 12.8 Å². The minimum absolute atomic E-state index is 0.0132. The summed E-state index contributed by atoms with van der Waals surface area (Å²) in [4.78, 5) is 0. The third-order valence-electron chi connectivity index (χ3n) is 1.31. The van der Waals surface area contributed by atoms with Crippen LogP contribution in [-0.2, 0) is 10.0 Å². The number of hydrogen-bond acceptors (Lipinski definition) is 2. The molecule has 5 heteroatoms. The molecule has 0 aromatic rings. The van der Waals surface area contributed by atoms with Gasteiger partial charge in [0.25, 0.3) is 0 Å². The van der Waals surface area contributed by atoms with Gasteiger partial charge in [-0.3, -0.25) is 4.39 Å². The van der Waals surface area contributed by atoms with Crippen LogP contribution >= 0.6 is 0 Å². The molecule has 0 radical (unpaired) electrons. The van der Waals surface area contributed by atoms with E-state index in [1.165, 1.54) is 0 Å². The van der Waals surface area contributed by atoms with Crippen molar-refractivity contribution in [3.05, 3.63) is 0 Å². The van der Waals surface area contributed by atoms with E-state index in [9.17, 15) is 12.8 Å². The van der Waals surface area contributed by atoms with E-state index in [-0.39, 0.29) is 12.4 Å². The molecule has 0 atom stereocenters. The standard InChI is InChI=1S/C6H14FNO2S/c7-5-3-1-2-4-6-11(8,9)10/h1-6H2,(H2,8,9,10). The first kappa shape index (κ1) is 10.8. The normalized spacial score (nSPS) is 11.8. The van der Waals surface area contributed by atoms with Crippen molar-refractivity contribution in [2.75, 3.05) is 12.4 Å². The third kappa shape index (κ3) is 9.84. The SMILES string of the molecule is NS(=O)(=O)CCCCCCF.